The van der Waals surface area contributed by atoms with E-state index in [2.05, 4.69) is 10.5 Å². The van der Waals surface area contributed by atoms with E-state index < -0.39 is 17.6 Å². The Morgan fingerprint density at radius 1 is 1.65 bits per heavy atom. The van der Waals surface area contributed by atoms with Crippen LogP contribution in [0.3, 0.4) is 0 Å². The van der Waals surface area contributed by atoms with Gasteiger partial charge >= 0.3 is 5.97 Å². The van der Waals surface area contributed by atoms with Crippen LogP contribution in [0.25, 0.3) is 0 Å². The number of carbonyl (C=O) groups excluding carboxylic acids is 2. The van der Waals surface area contributed by atoms with Gasteiger partial charge in [-0.2, -0.15) is 0 Å². The van der Waals surface area contributed by atoms with Gasteiger partial charge in [0, 0.05) is 0 Å². The molecule has 2 aliphatic rings. The molecule has 0 aromatic heterocycles. The summed E-state index contributed by atoms with van der Waals surface area (Å²) in [6.45, 7) is 5.75. The van der Waals surface area contributed by atoms with Crippen LogP contribution in [-0.2, 0) is 19.2 Å². The zero-order valence-electron chi connectivity index (χ0n) is 10.1. The number of piperidine rings is 1. The van der Waals surface area contributed by atoms with Crippen molar-refractivity contribution < 1.29 is 19.2 Å². The van der Waals surface area contributed by atoms with Gasteiger partial charge in [0.15, 0.2) is 5.71 Å². The SMILES string of the molecule is CCOC(=O)[C@@H]1C[C@@H]2C(=NOC2(C)C)C(=O)N1. The van der Waals surface area contributed by atoms with Gasteiger partial charge in [0.1, 0.15) is 11.6 Å². The number of ether oxygens (including phenoxy) is 1. The van der Waals surface area contributed by atoms with Gasteiger partial charge in [-0.1, -0.05) is 5.16 Å². The van der Waals surface area contributed by atoms with Crippen LogP contribution >= 0.6 is 0 Å². The Balaban J connectivity index is 2.15. The summed E-state index contributed by atoms with van der Waals surface area (Å²) in [5.41, 5.74) is -0.173. The third-order valence-electron chi connectivity index (χ3n) is 3.13. The highest BCUT2D eigenvalue weighted by molar-refractivity contribution is 6.41. The van der Waals surface area contributed by atoms with Crippen molar-refractivity contribution in [3.05, 3.63) is 0 Å². The van der Waals surface area contributed by atoms with Gasteiger partial charge in [-0.3, -0.25) is 4.79 Å². The first-order valence-electron chi connectivity index (χ1n) is 5.69. The lowest BCUT2D eigenvalue weighted by molar-refractivity contribution is -0.148. The minimum Gasteiger partial charge on any atom is -0.464 e. The van der Waals surface area contributed by atoms with E-state index in [1.165, 1.54) is 0 Å². The van der Waals surface area contributed by atoms with Crippen LogP contribution in [0.5, 0.6) is 0 Å². The van der Waals surface area contributed by atoms with Crippen molar-refractivity contribution in [3.63, 3.8) is 0 Å². The molecule has 0 saturated carbocycles. The molecule has 6 heteroatoms. The van der Waals surface area contributed by atoms with Crippen molar-refractivity contribution in [2.45, 2.75) is 38.8 Å². The summed E-state index contributed by atoms with van der Waals surface area (Å²) in [6.07, 6.45) is 0.469. The van der Waals surface area contributed by atoms with E-state index >= 15 is 0 Å². The molecule has 17 heavy (non-hydrogen) atoms. The predicted molar refractivity (Wildman–Crippen MR) is 59.3 cm³/mol. The lowest BCUT2D eigenvalue weighted by Gasteiger charge is -2.31. The molecule has 0 aromatic carbocycles. The Hall–Kier alpha value is -1.59. The summed E-state index contributed by atoms with van der Waals surface area (Å²) in [6, 6.07) is -0.604. The molecule has 2 aliphatic heterocycles. The van der Waals surface area contributed by atoms with Crippen LogP contribution < -0.4 is 5.32 Å². The second-order valence-electron chi connectivity index (χ2n) is 4.74. The van der Waals surface area contributed by atoms with Crippen molar-refractivity contribution in [2.24, 2.45) is 11.1 Å². The summed E-state index contributed by atoms with van der Waals surface area (Å²) in [5.74, 6) is -0.905. The largest absolute Gasteiger partial charge is 0.464 e. The Labute approximate surface area is 99.3 Å². The van der Waals surface area contributed by atoms with Gasteiger partial charge in [0.25, 0.3) is 5.91 Å². The van der Waals surface area contributed by atoms with Crippen LogP contribution in [-0.4, -0.2) is 35.8 Å². The number of nitrogens with one attached hydrogen (secondary N) is 1. The van der Waals surface area contributed by atoms with E-state index in [4.69, 9.17) is 9.57 Å². The molecule has 94 valence electrons. The molecule has 2 rings (SSSR count). The molecule has 2 atom stereocenters. The molecule has 1 N–H and O–H groups in total. The predicted octanol–water partition coefficient (Wildman–Crippen LogP) is 0.219. The van der Waals surface area contributed by atoms with Crippen LogP contribution in [0.1, 0.15) is 27.2 Å². The molecule has 6 nitrogen and oxygen atoms in total. The van der Waals surface area contributed by atoms with Crippen LogP contribution in [0.4, 0.5) is 0 Å². The number of rotatable bonds is 2. The van der Waals surface area contributed by atoms with E-state index in [1.807, 2.05) is 13.8 Å². The molecule has 2 heterocycles. The van der Waals surface area contributed by atoms with E-state index in [0.717, 1.165) is 0 Å². The van der Waals surface area contributed by atoms with E-state index in [0.29, 0.717) is 18.7 Å². The molecular formula is C11H16N2O4. The summed E-state index contributed by atoms with van der Waals surface area (Å²) in [4.78, 5) is 28.6. The zero-order valence-corrected chi connectivity index (χ0v) is 10.1. The molecule has 1 fully saturated rings. The summed E-state index contributed by atoms with van der Waals surface area (Å²) in [5, 5.41) is 6.37. The second kappa shape index (κ2) is 4.01. The molecule has 1 amide bonds. The van der Waals surface area contributed by atoms with Crippen LogP contribution in [0, 0.1) is 5.92 Å². The number of nitrogens with zero attached hydrogens (tertiary/aromatic N) is 1. The highest BCUT2D eigenvalue weighted by atomic mass is 16.7. The van der Waals surface area contributed by atoms with Crippen molar-refractivity contribution in [3.8, 4) is 0 Å². The molecule has 0 bridgehead atoms. The van der Waals surface area contributed by atoms with Crippen molar-refractivity contribution in [2.75, 3.05) is 6.61 Å². The Morgan fingerprint density at radius 3 is 3.00 bits per heavy atom. The number of fused-ring (bicyclic) bond motifs is 1. The van der Waals surface area contributed by atoms with Crippen LogP contribution in [0.15, 0.2) is 5.16 Å². The average molecular weight is 240 g/mol. The van der Waals surface area contributed by atoms with Gasteiger partial charge in [-0.05, 0) is 27.2 Å². The van der Waals surface area contributed by atoms with E-state index in [9.17, 15) is 9.59 Å². The highest BCUT2D eigenvalue weighted by Gasteiger charge is 2.49. The zero-order chi connectivity index (χ0) is 12.6. The number of amides is 1. The minimum atomic E-state index is -0.604. The Kier molecular flexibility index (Phi) is 2.81. The van der Waals surface area contributed by atoms with Crippen LogP contribution in [0.2, 0.25) is 0 Å². The summed E-state index contributed by atoms with van der Waals surface area (Å²) in [7, 11) is 0. The molecular weight excluding hydrogens is 224 g/mol. The first-order chi connectivity index (χ1) is 7.95. The third-order valence-corrected chi connectivity index (χ3v) is 3.13. The fourth-order valence-corrected chi connectivity index (χ4v) is 2.14. The number of oxime groups is 1. The molecule has 0 aromatic rings. The quantitative estimate of drug-likeness (QED) is 0.700. The first kappa shape index (κ1) is 11.9. The normalized spacial score (nSPS) is 29.8. The molecule has 0 aliphatic carbocycles. The first-order valence-corrected chi connectivity index (χ1v) is 5.69. The van der Waals surface area contributed by atoms with Gasteiger partial charge in [-0.25, -0.2) is 4.79 Å². The van der Waals surface area contributed by atoms with Gasteiger partial charge < -0.3 is 14.9 Å². The smallest absolute Gasteiger partial charge is 0.328 e. The van der Waals surface area contributed by atoms with E-state index in [1.54, 1.807) is 6.92 Å². The third kappa shape index (κ3) is 1.99. The number of hydrogen-bond acceptors (Lipinski definition) is 5. The average Bonchev–Trinajstić information content (AvgIpc) is 2.56. The van der Waals surface area contributed by atoms with Crippen molar-refractivity contribution >= 4 is 17.6 Å². The number of hydrogen-bond donors (Lipinski definition) is 1. The maximum atomic E-state index is 11.8. The van der Waals surface area contributed by atoms with Gasteiger partial charge in [-0.15, -0.1) is 0 Å². The molecule has 0 spiro atoms. The summed E-state index contributed by atoms with van der Waals surface area (Å²) < 4.78 is 4.91. The summed E-state index contributed by atoms with van der Waals surface area (Å²) >= 11 is 0. The second-order valence-corrected chi connectivity index (χ2v) is 4.74. The van der Waals surface area contributed by atoms with Gasteiger partial charge in [0.2, 0.25) is 0 Å². The highest BCUT2D eigenvalue weighted by Crippen LogP contribution is 2.35. The standard InChI is InChI=1S/C11H16N2O4/c1-4-16-10(15)7-5-6-8(9(14)12-7)13-17-11(6,2)3/h6-7H,4-5H2,1-3H3,(H,12,14)/t6-,7+/m1/s1. The maximum absolute atomic E-state index is 11.8. The monoisotopic (exact) mass is 240 g/mol. The van der Waals surface area contributed by atoms with Crippen molar-refractivity contribution in [1.82, 2.24) is 5.32 Å². The lowest BCUT2D eigenvalue weighted by Crippen LogP contribution is -2.55. The topological polar surface area (TPSA) is 77.0 Å². The Bertz CT molecular complexity index is 389. The molecule has 1 saturated heterocycles. The maximum Gasteiger partial charge on any atom is 0.328 e. The lowest BCUT2D eigenvalue weighted by atomic mass is 9.80. The fraction of sp³-hybridized carbons (Fsp3) is 0.727. The number of esters is 1. The fourth-order valence-electron chi connectivity index (χ4n) is 2.14. The minimum absolute atomic E-state index is 0.161. The Morgan fingerprint density at radius 2 is 2.35 bits per heavy atom. The molecule has 0 unspecified atom stereocenters. The number of carbonyl (C=O) groups is 2. The molecule has 0 radical (unpaired) electrons. The van der Waals surface area contributed by atoms with Gasteiger partial charge in [0.05, 0.1) is 12.5 Å². The van der Waals surface area contributed by atoms with E-state index in [-0.39, 0.29) is 11.8 Å². The van der Waals surface area contributed by atoms with Crippen molar-refractivity contribution in [1.29, 1.82) is 0 Å².